The molecule has 0 atom stereocenters. The first-order valence-corrected chi connectivity index (χ1v) is 2.77. The molecule has 0 radical (unpaired) electrons. The van der Waals surface area contributed by atoms with Crippen molar-refractivity contribution in [2.75, 3.05) is 6.54 Å². The van der Waals surface area contributed by atoms with E-state index in [1.165, 1.54) is 13.8 Å². The van der Waals surface area contributed by atoms with Gasteiger partial charge in [-0.25, -0.2) is 0 Å². The summed E-state index contributed by atoms with van der Waals surface area (Å²) in [5.41, 5.74) is 4.85. The molecule has 0 aromatic heterocycles. The summed E-state index contributed by atoms with van der Waals surface area (Å²) in [6.07, 6.45) is 0. The largest absolute Gasteiger partial charge is 1.00 e. The number of rotatable bonds is 1. The van der Waals surface area contributed by atoms with Crippen molar-refractivity contribution in [3.05, 3.63) is 0 Å². The maximum absolute atomic E-state index is 9.79. The van der Waals surface area contributed by atoms with Gasteiger partial charge in [-0.1, -0.05) is 6.92 Å². The Balaban J connectivity index is -0.0000000437. The van der Waals surface area contributed by atoms with Gasteiger partial charge in [0.15, 0.2) is 11.6 Å². The normalized spacial score (nSPS) is 6.40. The van der Waals surface area contributed by atoms with Crippen molar-refractivity contribution in [1.82, 2.24) is 0 Å². The van der Waals surface area contributed by atoms with Crippen LogP contribution in [0, 0.1) is 0 Å². The molecule has 4 heteroatoms. The van der Waals surface area contributed by atoms with E-state index in [1.807, 2.05) is 6.92 Å². The van der Waals surface area contributed by atoms with Gasteiger partial charge in [0.25, 0.3) is 0 Å². The molecule has 0 rings (SSSR count). The Morgan fingerprint density at radius 3 is 1.40 bits per heavy atom. The van der Waals surface area contributed by atoms with Crippen LogP contribution in [0.15, 0.2) is 0 Å². The number of Topliss-reactive ketones (excluding diaryl/α,β-unsaturated/α-hetero) is 2. The molecular weight excluding hydrogens is 157 g/mol. The molecule has 3 nitrogen and oxygen atoms in total. The Bertz CT molecular complexity index is 96.8. The average Bonchev–Trinajstić information content (AvgIpc) is 1.68. The number of carbonyl (C=O) groups is 2. The van der Waals surface area contributed by atoms with E-state index >= 15 is 0 Å². The Labute approximate surface area is 106 Å². The molecule has 0 spiro atoms. The summed E-state index contributed by atoms with van der Waals surface area (Å²) < 4.78 is 0. The second-order valence-electron chi connectivity index (χ2n) is 1.52. The van der Waals surface area contributed by atoms with Crippen LogP contribution in [-0.2, 0) is 9.59 Å². The van der Waals surface area contributed by atoms with Crippen molar-refractivity contribution in [1.29, 1.82) is 0 Å². The van der Waals surface area contributed by atoms with E-state index in [-0.39, 0.29) is 64.4 Å². The molecule has 0 aliphatic carbocycles. The van der Waals surface area contributed by atoms with Crippen LogP contribution in [0.25, 0.3) is 0 Å². The summed E-state index contributed by atoms with van der Waals surface area (Å²) in [4.78, 5) is 19.6. The summed E-state index contributed by atoms with van der Waals surface area (Å²) in [5, 5.41) is 0. The second kappa shape index (κ2) is 12.6. The first-order chi connectivity index (χ1) is 4.06. The molecule has 0 fully saturated rings. The fourth-order valence-electron chi connectivity index (χ4n) is 0. The first-order valence-electron chi connectivity index (χ1n) is 2.77. The fraction of sp³-hybridized carbons (Fsp3) is 0.667. The average molecular weight is 171 g/mol. The number of nitrogens with two attached hydrogens (primary N) is 1. The van der Waals surface area contributed by atoms with Crippen molar-refractivity contribution in [3.8, 4) is 0 Å². The minimum absolute atomic E-state index is 0. The third kappa shape index (κ3) is 23.1. The summed E-state index contributed by atoms with van der Waals surface area (Å²) in [5.74, 6) is -0.759. The predicted octanol–water partition coefficient (Wildman–Crippen LogP) is -2.75. The standard InChI is InChI=1S/C4H6O2.C2H7N.K.H/c1-3(5)4(2)6;1-2-3;;/h1-2H3;2-3H2,1H3;;/q;;+1;-1. The quantitative estimate of drug-likeness (QED) is 0.344. The molecule has 0 unspecified atom stereocenters. The van der Waals surface area contributed by atoms with Crippen LogP contribution in [0.4, 0.5) is 0 Å². The van der Waals surface area contributed by atoms with E-state index in [0.717, 1.165) is 6.54 Å². The summed E-state index contributed by atoms with van der Waals surface area (Å²) >= 11 is 0. The zero-order valence-corrected chi connectivity index (χ0v) is 10.2. The van der Waals surface area contributed by atoms with Gasteiger partial charge in [0.2, 0.25) is 0 Å². The Hall–Kier alpha value is 0.936. The summed E-state index contributed by atoms with van der Waals surface area (Å²) in [6.45, 7) is 5.16. The first kappa shape index (κ1) is 17.1. The van der Waals surface area contributed by atoms with Gasteiger partial charge in [0, 0.05) is 13.8 Å². The van der Waals surface area contributed by atoms with Crippen LogP contribution in [0.5, 0.6) is 0 Å². The van der Waals surface area contributed by atoms with Gasteiger partial charge in [-0.15, -0.1) is 0 Å². The topological polar surface area (TPSA) is 60.2 Å². The van der Waals surface area contributed by atoms with Gasteiger partial charge in [-0.2, -0.15) is 0 Å². The molecule has 56 valence electrons. The van der Waals surface area contributed by atoms with Crippen LogP contribution in [0.1, 0.15) is 22.2 Å². The van der Waals surface area contributed by atoms with E-state index < -0.39 is 0 Å². The molecule has 10 heavy (non-hydrogen) atoms. The maximum Gasteiger partial charge on any atom is 1.00 e. The third-order valence-corrected chi connectivity index (χ3v) is 0.496. The summed E-state index contributed by atoms with van der Waals surface area (Å²) in [7, 11) is 0. The molecule has 0 aromatic rings. The van der Waals surface area contributed by atoms with Crippen LogP contribution in [0.2, 0.25) is 0 Å². The monoisotopic (exact) mass is 171 g/mol. The van der Waals surface area contributed by atoms with E-state index in [4.69, 9.17) is 5.73 Å². The number of carbonyl (C=O) groups excluding carboxylic acids is 2. The maximum atomic E-state index is 9.79. The van der Waals surface area contributed by atoms with Crippen LogP contribution < -0.4 is 57.1 Å². The zero-order chi connectivity index (χ0) is 7.86. The Morgan fingerprint density at radius 1 is 1.30 bits per heavy atom. The number of ketones is 2. The minimum atomic E-state index is -0.380. The SMILES string of the molecule is CC(=O)C(C)=O.CCN.[H-].[K+]. The second-order valence-corrected chi connectivity index (χ2v) is 1.52. The van der Waals surface area contributed by atoms with Crippen LogP contribution in [-0.4, -0.2) is 18.1 Å². The predicted molar refractivity (Wildman–Crippen MR) is 37.2 cm³/mol. The smallest absolute Gasteiger partial charge is 1.00 e. The zero-order valence-electron chi connectivity index (χ0n) is 8.10. The van der Waals surface area contributed by atoms with E-state index in [1.54, 1.807) is 0 Å². The van der Waals surface area contributed by atoms with Crippen molar-refractivity contribution in [3.63, 3.8) is 0 Å². The Morgan fingerprint density at radius 2 is 1.40 bits per heavy atom. The van der Waals surface area contributed by atoms with Gasteiger partial charge in [-0.3, -0.25) is 9.59 Å². The van der Waals surface area contributed by atoms with Crippen molar-refractivity contribution in [2.45, 2.75) is 20.8 Å². The van der Waals surface area contributed by atoms with E-state index in [0.29, 0.717) is 0 Å². The van der Waals surface area contributed by atoms with E-state index in [2.05, 4.69) is 0 Å². The van der Waals surface area contributed by atoms with Crippen molar-refractivity contribution in [2.24, 2.45) is 5.73 Å². The van der Waals surface area contributed by atoms with Gasteiger partial charge < -0.3 is 7.16 Å². The van der Waals surface area contributed by atoms with Crippen LogP contribution in [0.3, 0.4) is 0 Å². The van der Waals surface area contributed by atoms with Crippen molar-refractivity contribution < 1.29 is 62.4 Å². The summed E-state index contributed by atoms with van der Waals surface area (Å²) in [6, 6.07) is 0. The van der Waals surface area contributed by atoms with E-state index in [9.17, 15) is 9.59 Å². The molecule has 0 aliphatic heterocycles. The van der Waals surface area contributed by atoms with Gasteiger partial charge in [0.1, 0.15) is 0 Å². The molecule has 0 saturated heterocycles. The number of hydrogen-bond donors (Lipinski definition) is 1. The molecular formula is C6H14KNO2. The van der Waals surface area contributed by atoms with Gasteiger partial charge in [0.05, 0.1) is 0 Å². The van der Waals surface area contributed by atoms with Gasteiger partial charge >= 0.3 is 51.4 Å². The molecule has 0 aliphatic rings. The molecule has 0 aromatic carbocycles. The number of hydrogen-bond acceptors (Lipinski definition) is 3. The van der Waals surface area contributed by atoms with Gasteiger partial charge in [-0.05, 0) is 6.54 Å². The molecule has 0 heterocycles. The molecule has 0 bridgehead atoms. The fourth-order valence-corrected chi connectivity index (χ4v) is 0. The third-order valence-electron chi connectivity index (χ3n) is 0.496. The minimum Gasteiger partial charge on any atom is -1.00 e. The molecule has 2 N–H and O–H groups in total. The molecule has 0 amide bonds. The van der Waals surface area contributed by atoms with Crippen LogP contribution >= 0.6 is 0 Å². The van der Waals surface area contributed by atoms with Crippen molar-refractivity contribution >= 4 is 11.6 Å². The molecule has 0 saturated carbocycles. The Kier molecular flexibility index (Phi) is 21.6.